The molecule has 4 aliphatic rings. The van der Waals surface area contributed by atoms with Gasteiger partial charge in [0.05, 0.1) is 50.6 Å². The maximum Gasteiger partial charge on any atom is 0.323 e. The molecule has 5 heterocycles. The number of aliphatic hydroxyl groups is 2. The van der Waals surface area contributed by atoms with Crippen LogP contribution in [0.25, 0.3) is 11.4 Å². The van der Waals surface area contributed by atoms with E-state index in [1.54, 1.807) is 36.4 Å². The summed E-state index contributed by atoms with van der Waals surface area (Å²) in [6.07, 6.45) is 3.49. The minimum absolute atomic E-state index is 0.00317. The first kappa shape index (κ1) is 33.1. The number of aliphatic hydroxyl groups excluding tert-OH is 2. The van der Waals surface area contributed by atoms with Gasteiger partial charge in [0.2, 0.25) is 11.9 Å². The lowest BCUT2D eigenvalue weighted by molar-refractivity contribution is 0.0643. The Morgan fingerprint density at radius 1 is 0.755 bits per heavy atom. The van der Waals surface area contributed by atoms with Crippen LogP contribution in [0.15, 0.2) is 48.5 Å². The van der Waals surface area contributed by atoms with Crippen LogP contribution in [0.1, 0.15) is 43.0 Å². The molecule has 3 aromatic rings. The molecular weight excluding hydrogens is 626 g/mol. The summed E-state index contributed by atoms with van der Waals surface area (Å²) < 4.78 is 5.80. The molecule has 1 aromatic heterocycles. The van der Waals surface area contributed by atoms with E-state index in [0.29, 0.717) is 61.0 Å². The van der Waals surface area contributed by atoms with E-state index in [9.17, 15) is 19.8 Å². The summed E-state index contributed by atoms with van der Waals surface area (Å²) in [6.45, 7) is 7.43. The van der Waals surface area contributed by atoms with E-state index in [0.717, 1.165) is 50.9 Å². The van der Waals surface area contributed by atoms with Gasteiger partial charge in [-0.1, -0.05) is 6.92 Å². The number of fused-ring (bicyclic) bond motifs is 2. The average molecular weight is 672 g/mol. The second-order valence-corrected chi connectivity index (χ2v) is 13.2. The first-order chi connectivity index (χ1) is 23.9. The molecule has 4 N–H and O–H groups in total. The topological polar surface area (TPSA) is 160 Å². The van der Waals surface area contributed by atoms with Gasteiger partial charge in [0, 0.05) is 48.7 Å². The van der Waals surface area contributed by atoms with Gasteiger partial charge >= 0.3 is 6.03 Å². The van der Waals surface area contributed by atoms with Gasteiger partial charge in [0.15, 0.2) is 5.82 Å². The molecule has 7 rings (SSSR count). The molecule has 14 heteroatoms. The molecule has 2 aromatic carbocycles. The number of piperazine rings is 1. The van der Waals surface area contributed by atoms with Gasteiger partial charge in [-0.2, -0.15) is 15.0 Å². The zero-order chi connectivity index (χ0) is 33.9. The molecule has 2 bridgehead atoms. The van der Waals surface area contributed by atoms with E-state index in [4.69, 9.17) is 19.7 Å². The highest BCUT2D eigenvalue weighted by atomic mass is 16.5. The Balaban J connectivity index is 1.04. The van der Waals surface area contributed by atoms with Crippen LogP contribution < -0.4 is 20.4 Å². The number of benzene rings is 2. The first-order valence-corrected chi connectivity index (χ1v) is 17.4. The maximum atomic E-state index is 12.9. The normalized spacial score (nSPS) is 23.9. The van der Waals surface area contributed by atoms with Crippen molar-refractivity contribution in [3.05, 3.63) is 54.1 Å². The highest BCUT2D eigenvalue weighted by Crippen LogP contribution is 2.36. The lowest BCUT2D eigenvalue weighted by Gasteiger charge is -2.36. The minimum atomic E-state index is -0.408. The highest BCUT2D eigenvalue weighted by Gasteiger charge is 2.41. The molecule has 4 atom stereocenters. The molecule has 4 saturated heterocycles. The van der Waals surface area contributed by atoms with Crippen molar-refractivity contribution >= 4 is 35.2 Å². The summed E-state index contributed by atoms with van der Waals surface area (Å²) in [4.78, 5) is 48.8. The Labute approximate surface area is 286 Å². The fraction of sp³-hybridized carbons (Fsp3) is 0.514. The summed E-state index contributed by atoms with van der Waals surface area (Å²) in [5, 5.41) is 26.0. The lowest BCUT2D eigenvalue weighted by Crippen LogP contribution is -2.48. The number of likely N-dealkylation sites (N-methyl/N-ethyl adjacent to an activating group) is 1. The third-order valence-corrected chi connectivity index (χ3v) is 10.3. The monoisotopic (exact) mass is 671 g/mol. The summed E-state index contributed by atoms with van der Waals surface area (Å²) in [5.41, 5.74) is 2.50. The van der Waals surface area contributed by atoms with Crippen molar-refractivity contribution in [3.8, 4) is 11.4 Å². The van der Waals surface area contributed by atoms with Crippen LogP contribution in [0, 0.1) is 0 Å². The molecule has 14 nitrogen and oxygen atoms in total. The number of ether oxygens (including phenoxy) is 1. The van der Waals surface area contributed by atoms with Crippen LogP contribution in [-0.2, 0) is 4.74 Å². The number of nitrogens with one attached hydrogen (secondary N) is 2. The van der Waals surface area contributed by atoms with Gasteiger partial charge in [-0.15, -0.1) is 0 Å². The molecule has 49 heavy (non-hydrogen) atoms. The summed E-state index contributed by atoms with van der Waals surface area (Å²) >= 11 is 0. The van der Waals surface area contributed by atoms with Crippen LogP contribution in [0.3, 0.4) is 0 Å². The maximum absolute atomic E-state index is 12.9. The number of anilines is 4. The molecule has 260 valence electrons. The number of aromatic nitrogens is 3. The number of hydrogen-bond acceptors (Lipinski definition) is 11. The van der Waals surface area contributed by atoms with Gasteiger partial charge in [-0.3, -0.25) is 4.79 Å². The molecular formula is C35H45N9O5. The number of carbonyl (C=O) groups excluding carboxylic acids is 2. The van der Waals surface area contributed by atoms with Gasteiger partial charge in [-0.05, 0) is 80.8 Å². The zero-order valence-corrected chi connectivity index (χ0v) is 27.9. The van der Waals surface area contributed by atoms with E-state index >= 15 is 0 Å². The van der Waals surface area contributed by atoms with Gasteiger partial charge < -0.3 is 45.2 Å². The van der Waals surface area contributed by atoms with Crippen molar-refractivity contribution in [1.29, 1.82) is 0 Å². The van der Waals surface area contributed by atoms with Crippen molar-refractivity contribution < 1.29 is 24.5 Å². The highest BCUT2D eigenvalue weighted by molar-refractivity contribution is 6.00. The first-order valence-electron chi connectivity index (χ1n) is 17.4. The van der Waals surface area contributed by atoms with Crippen LogP contribution in [0.5, 0.6) is 0 Å². The third-order valence-electron chi connectivity index (χ3n) is 10.3. The fourth-order valence-corrected chi connectivity index (χ4v) is 7.46. The quantitative estimate of drug-likeness (QED) is 0.265. The van der Waals surface area contributed by atoms with Crippen molar-refractivity contribution in [1.82, 2.24) is 24.8 Å². The average Bonchev–Trinajstić information content (AvgIpc) is 3.68. The Bertz CT molecular complexity index is 1590. The van der Waals surface area contributed by atoms with Gasteiger partial charge in [0.25, 0.3) is 5.91 Å². The lowest BCUT2D eigenvalue weighted by atomic mass is 10.1. The summed E-state index contributed by atoms with van der Waals surface area (Å²) in [5.74, 6) is 1.49. The second kappa shape index (κ2) is 14.6. The number of rotatable bonds is 9. The third kappa shape index (κ3) is 7.04. The van der Waals surface area contributed by atoms with Crippen molar-refractivity contribution in [2.75, 3.05) is 79.6 Å². The molecule has 0 saturated carbocycles. The molecule has 4 fully saturated rings. The number of urea groups is 1. The van der Waals surface area contributed by atoms with E-state index in [-0.39, 0.29) is 43.3 Å². The standard InChI is InChI=1S/C35H45N9O5/c1-2-41-15-17-42(18-16-41)32(47)24-5-9-26(10-6-24)37-35(48)36-25-7-3-23(4-8-25)31-38-33(43-27(19-45)11-12-28(43)20-46)40-34(39-31)44-29-13-14-30(44)22-49-21-29/h3-10,27-30,45-46H,2,11-22H2,1H3,(H2,36,37,48)/t27-,28+,29?,30?. The van der Waals surface area contributed by atoms with Crippen LogP contribution >= 0.6 is 0 Å². The molecule has 0 aliphatic carbocycles. The van der Waals surface area contributed by atoms with Gasteiger partial charge in [0.1, 0.15) is 0 Å². The predicted molar refractivity (Wildman–Crippen MR) is 186 cm³/mol. The van der Waals surface area contributed by atoms with E-state index in [2.05, 4.69) is 27.4 Å². The van der Waals surface area contributed by atoms with Crippen molar-refractivity contribution in [3.63, 3.8) is 0 Å². The molecule has 2 unspecified atom stereocenters. The molecule has 3 amide bonds. The second-order valence-electron chi connectivity index (χ2n) is 13.2. The predicted octanol–water partition coefficient (Wildman–Crippen LogP) is 2.65. The van der Waals surface area contributed by atoms with E-state index in [1.807, 2.05) is 21.9 Å². The number of carbonyl (C=O) groups is 2. The fourth-order valence-electron chi connectivity index (χ4n) is 7.46. The largest absolute Gasteiger partial charge is 0.394 e. The van der Waals surface area contributed by atoms with Gasteiger partial charge in [-0.25, -0.2) is 4.79 Å². The van der Waals surface area contributed by atoms with Crippen molar-refractivity contribution in [2.24, 2.45) is 0 Å². The molecule has 4 aliphatic heterocycles. The van der Waals surface area contributed by atoms with Crippen LogP contribution in [0.4, 0.5) is 28.1 Å². The smallest absolute Gasteiger partial charge is 0.323 e. The van der Waals surface area contributed by atoms with Crippen LogP contribution in [0.2, 0.25) is 0 Å². The number of hydrogen-bond donors (Lipinski definition) is 4. The Morgan fingerprint density at radius 3 is 1.86 bits per heavy atom. The SMILES string of the molecule is CCN1CCN(C(=O)c2ccc(NC(=O)Nc3ccc(-c4nc(N5C6CCC5COC6)nc(N5[C@H](CO)CC[C@@H]5CO)n4)cc3)cc2)CC1. The summed E-state index contributed by atoms with van der Waals surface area (Å²) in [7, 11) is 0. The van der Waals surface area contributed by atoms with Crippen molar-refractivity contribution in [2.45, 2.75) is 56.8 Å². The Hall–Kier alpha value is -4.37. The molecule has 0 spiro atoms. The van der Waals surface area contributed by atoms with Crippen LogP contribution in [-0.4, -0.2) is 130 Å². The zero-order valence-electron chi connectivity index (χ0n) is 27.9. The minimum Gasteiger partial charge on any atom is -0.394 e. The number of morpholine rings is 1. The van der Waals surface area contributed by atoms with E-state index < -0.39 is 6.03 Å². The van der Waals surface area contributed by atoms with E-state index in [1.165, 1.54) is 0 Å². The Morgan fingerprint density at radius 2 is 1.31 bits per heavy atom. The summed E-state index contributed by atoms with van der Waals surface area (Å²) in [6, 6.07) is 13.8. The number of nitrogens with zero attached hydrogens (tertiary/aromatic N) is 7. The Kier molecular flexibility index (Phi) is 9.89. The molecule has 0 radical (unpaired) electrons. The number of amides is 3.